The smallest absolute Gasteiger partial charge is 0.411 e. The number of alkyl halides is 2. The highest BCUT2D eigenvalue weighted by Gasteiger charge is 2.51. The number of carbonyl (C=O) groups is 3. The van der Waals surface area contributed by atoms with E-state index < -0.39 is 42.5 Å². The monoisotopic (exact) mass is 446 g/mol. The Morgan fingerprint density at radius 2 is 1.85 bits per heavy atom. The number of Topliss-reactive ketones (excluding diaryl/α,β-unsaturated/α-hetero) is 1. The summed E-state index contributed by atoms with van der Waals surface area (Å²) in [4.78, 5) is 37.4. The van der Waals surface area contributed by atoms with Gasteiger partial charge in [0, 0.05) is 16.5 Å². The number of hydrogen-bond acceptors (Lipinski definition) is 4. The molecular formula is C18H21BrF2N2O4. The summed E-state index contributed by atoms with van der Waals surface area (Å²) >= 11 is 3.25. The van der Waals surface area contributed by atoms with E-state index in [1.54, 1.807) is 45.0 Å². The third-order valence-corrected chi connectivity index (χ3v) is 4.32. The minimum Gasteiger partial charge on any atom is -0.444 e. The van der Waals surface area contributed by atoms with Gasteiger partial charge in [-0.05, 0) is 32.9 Å². The van der Waals surface area contributed by atoms with Crippen molar-refractivity contribution in [1.29, 1.82) is 0 Å². The molecule has 1 aliphatic rings. The minimum absolute atomic E-state index is 0.356. The average molecular weight is 447 g/mol. The zero-order chi connectivity index (χ0) is 20.4. The van der Waals surface area contributed by atoms with Gasteiger partial charge >= 0.3 is 6.09 Å². The first kappa shape index (κ1) is 21.3. The molecule has 0 aliphatic carbocycles. The molecule has 9 heteroatoms. The number of nitrogens with zero attached hydrogens (tertiary/aromatic N) is 1. The molecule has 0 bridgehead atoms. The van der Waals surface area contributed by atoms with Crippen LogP contribution in [0, 0.1) is 0 Å². The van der Waals surface area contributed by atoms with Gasteiger partial charge in [0.2, 0.25) is 5.91 Å². The van der Waals surface area contributed by atoms with Crippen LogP contribution in [0.2, 0.25) is 0 Å². The normalized spacial score (nSPS) is 18.9. The highest BCUT2D eigenvalue weighted by molar-refractivity contribution is 9.10. The molecule has 1 heterocycles. The number of rotatable bonds is 4. The Morgan fingerprint density at radius 3 is 2.41 bits per heavy atom. The van der Waals surface area contributed by atoms with E-state index in [9.17, 15) is 23.2 Å². The summed E-state index contributed by atoms with van der Waals surface area (Å²) in [6.45, 7) is 3.55. The molecule has 2 amide bonds. The largest absolute Gasteiger partial charge is 0.444 e. The second kappa shape index (κ2) is 7.92. The number of hydrogen-bond donors (Lipinski definition) is 1. The summed E-state index contributed by atoms with van der Waals surface area (Å²) in [7, 11) is 0. The van der Waals surface area contributed by atoms with Gasteiger partial charge in [-0.1, -0.05) is 28.1 Å². The van der Waals surface area contributed by atoms with Crippen LogP contribution in [0.25, 0.3) is 0 Å². The topological polar surface area (TPSA) is 75.7 Å². The minimum atomic E-state index is -3.20. The standard InChI is InChI=1S/C18H21BrF2N2O4/c1-17(2,3)27-16(26)23-10-18(20,21)8-13(23)15(25)22-9-14(24)11-4-6-12(19)7-5-11/h4-7,13H,8-10H2,1-3H3,(H,22,25)/t13-/m0/s1. The van der Waals surface area contributed by atoms with E-state index in [0.29, 0.717) is 10.5 Å². The van der Waals surface area contributed by atoms with Crippen LogP contribution in [0.5, 0.6) is 0 Å². The van der Waals surface area contributed by atoms with E-state index in [0.717, 1.165) is 4.47 Å². The molecule has 0 spiro atoms. The fourth-order valence-electron chi connectivity index (χ4n) is 2.59. The van der Waals surface area contributed by atoms with Crippen molar-refractivity contribution in [3.05, 3.63) is 34.3 Å². The van der Waals surface area contributed by atoms with Crippen LogP contribution in [0.3, 0.4) is 0 Å². The van der Waals surface area contributed by atoms with Gasteiger partial charge in [0.1, 0.15) is 11.6 Å². The van der Waals surface area contributed by atoms with E-state index in [4.69, 9.17) is 4.74 Å². The lowest BCUT2D eigenvalue weighted by atomic mass is 10.1. The maximum Gasteiger partial charge on any atom is 0.411 e. The first-order valence-electron chi connectivity index (χ1n) is 8.32. The Balaban J connectivity index is 2.02. The average Bonchev–Trinajstić information content (AvgIpc) is 2.87. The molecule has 1 aromatic rings. The Labute approximate surface area is 164 Å². The van der Waals surface area contributed by atoms with Crippen molar-refractivity contribution >= 4 is 33.7 Å². The van der Waals surface area contributed by atoms with Crippen LogP contribution in [0.4, 0.5) is 13.6 Å². The van der Waals surface area contributed by atoms with Crippen molar-refractivity contribution in [3.63, 3.8) is 0 Å². The molecule has 6 nitrogen and oxygen atoms in total. The van der Waals surface area contributed by atoms with E-state index in [1.807, 2.05) is 0 Å². The Bertz CT molecular complexity index is 732. The SMILES string of the molecule is CC(C)(C)OC(=O)N1CC(F)(F)C[C@H]1C(=O)NCC(=O)c1ccc(Br)cc1. The highest BCUT2D eigenvalue weighted by atomic mass is 79.9. The van der Waals surface area contributed by atoms with Crippen molar-refractivity contribution in [1.82, 2.24) is 10.2 Å². The molecular weight excluding hydrogens is 426 g/mol. The maximum atomic E-state index is 13.8. The molecule has 1 saturated heterocycles. The van der Waals surface area contributed by atoms with Crippen LogP contribution < -0.4 is 5.32 Å². The first-order valence-corrected chi connectivity index (χ1v) is 9.11. The van der Waals surface area contributed by atoms with Gasteiger partial charge < -0.3 is 10.1 Å². The summed E-state index contributed by atoms with van der Waals surface area (Å²) in [5.41, 5.74) is -0.507. The predicted octanol–water partition coefficient (Wildman–Crippen LogP) is 3.39. The molecule has 0 unspecified atom stereocenters. The van der Waals surface area contributed by atoms with Gasteiger partial charge in [0.15, 0.2) is 5.78 Å². The molecule has 2 rings (SSSR count). The van der Waals surface area contributed by atoms with E-state index in [2.05, 4.69) is 21.2 Å². The zero-order valence-corrected chi connectivity index (χ0v) is 16.8. The van der Waals surface area contributed by atoms with Gasteiger partial charge in [-0.15, -0.1) is 0 Å². The molecule has 1 aromatic carbocycles. The van der Waals surface area contributed by atoms with Gasteiger partial charge in [-0.3, -0.25) is 14.5 Å². The van der Waals surface area contributed by atoms with E-state index in [1.165, 1.54) is 0 Å². The van der Waals surface area contributed by atoms with Crippen LogP contribution >= 0.6 is 15.9 Å². The van der Waals surface area contributed by atoms with Crippen molar-refractivity contribution in [2.24, 2.45) is 0 Å². The quantitative estimate of drug-likeness (QED) is 0.719. The molecule has 27 heavy (non-hydrogen) atoms. The summed E-state index contributed by atoms with van der Waals surface area (Å²) in [6.07, 6.45) is -1.80. The Morgan fingerprint density at radius 1 is 1.26 bits per heavy atom. The number of likely N-dealkylation sites (tertiary alicyclic amines) is 1. The molecule has 1 atom stereocenters. The van der Waals surface area contributed by atoms with Crippen LogP contribution in [0.1, 0.15) is 37.6 Å². The van der Waals surface area contributed by atoms with Crippen molar-refractivity contribution in [2.75, 3.05) is 13.1 Å². The maximum absolute atomic E-state index is 13.8. The third kappa shape index (κ3) is 5.98. The zero-order valence-electron chi connectivity index (χ0n) is 15.2. The van der Waals surface area contributed by atoms with E-state index in [-0.39, 0.29) is 12.3 Å². The molecule has 1 fully saturated rings. The lowest BCUT2D eigenvalue weighted by Crippen LogP contribution is -2.48. The van der Waals surface area contributed by atoms with Crippen LogP contribution in [0.15, 0.2) is 28.7 Å². The van der Waals surface area contributed by atoms with Gasteiger partial charge in [-0.25, -0.2) is 13.6 Å². The first-order chi connectivity index (χ1) is 12.4. The molecule has 0 saturated carbocycles. The van der Waals surface area contributed by atoms with Crippen molar-refractivity contribution < 1.29 is 27.9 Å². The molecule has 0 radical (unpaired) electrons. The summed E-state index contributed by atoms with van der Waals surface area (Å²) in [6, 6.07) is 5.12. The van der Waals surface area contributed by atoms with Gasteiger partial charge in [0.05, 0.1) is 13.1 Å². The summed E-state index contributed by atoms with van der Waals surface area (Å²) in [5.74, 6) is -4.39. The fourth-order valence-corrected chi connectivity index (χ4v) is 2.85. The number of halogens is 3. The van der Waals surface area contributed by atoms with Crippen molar-refractivity contribution in [3.8, 4) is 0 Å². The Kier molecular flexibility index (Phi) is 6.24. The molecule has 1 aliphatic heterocycles. The lowest BCUT2D eigenvalue weighted by molar-refractivity contribution is -0.125. The third-order valence-electron chi connectivity index (χ3n) is 3.79. The molecule has 0 aromatic heterocycles. The lowest BCUT2D eigenvalue weighted by Gasteiger charge is -2.27. The number of benzene rings is 1. The van der Waals surface area contributed by atoms with Crippen LogP contribution in [-0.4, -0.2) is 53.3 Å². The highest BCUT2D eigenvalue weighted by Crippen LogP contribution is 2.33. The van der Waals surface area contributed by atoms with Gasteiger partial charge in [0.25, 0.3) is 5.92 Å². The number of nitrogens with one attached hydrogen (secondary N) is 1. The van der Waals surface area contributed by atoms with Gasteiger partial charge in [-0.2, -0.15) is 0 Å². The second-order valence-electron chi connectivity index (χ2n) is 7.33. The van der Waals surface area contributed by atoms with E-state index >= 15 is 0 Å². The molecule has 148 valence electrons. The number of carbonyl (C=O) groups excluding carboxylic acids is 3. The van der Waals surface area contributed by atoms with Crippen molar-refractivity contribution in [2.45, 2.75) is 44.8 Å². The Hall–Kier alpha value is -2.03. The number of ether oxygens (including phenoxy) is 1. The number of amides is 2. The molecule has 1 N–H and O–H groups in total. The summed E-state index contributed by atoms with van der Waals surface area (Å²) in [5, 5.41) is 2.34. The fraction of sp³-hybridized carbons (Fsp3) is 0.500. The predicted molar refractivity (Wildman–Crippen MR) is 97.8 cm³/mol. The second-order valence-corrected chi connectivity index (χ2v) is 8.25. The van der Waals surface area contributed by atoms with Crippen LogP contribution in [-0.2, 0) is 9.53 Å². The summed E-state index contributed by atoms with van der Waals surface area (Å²) < 4.78 is 33.5. The number of ketones is 1.